The second kappa shape index (κ2) is 12.9. The summed E-state index contributed by atoms with van der Waals surface area (Å²) >= 11 is 0. The molecule has 3 heteroatoms. The Labute approximate surface area is 235 Å². The van der Waals surface area contributed by atoms with E-state index in [1.165, 1.54) is 16.8 Å². The molecule has 0 saturated heterocycles. The summed E-state index contributed by atoms with van der Waals surface area (Å²) in [6, 6.07) is 28.9. The van der Waals surface area contributed by atoms with E-state index in [1.54, 1.807) is 0 Å². The average molecular weight is 522 g/mol. The SMILES string of the molecule is CCC(C)c1cccc(C(C)C)c1N(C)CCCOc1ccc(C)cc1-c1cccc(-c2ccccc2)c1O. The van der Waals surface area contributed by atoms with E-state index in [9.17, 15) is 5.11 Å². The van der Waals surface area contributed by atoms with E-state index in [4.69, 9.17) is 4.74 Å². The number of aryl methyl sites for hydroxylation is 1. The van der Waals surface area contributed by atoms with Crippen molar-refractivity contribution in [2.75, 3.05) is 25.1 Å². The summed E-state index contributed by atoms with van der Waals surface area (Å²) in [5.74, 6) is 2.07. The first-order valence-corrected chi connectivity index (χ1v) is 14.3. The van der Waals surface area contributed by atoms with E-state index in [2.05, 4.69) is 76.9 Å². The zero-order valence-corrected chi connectivity index (χ0v) is 24.4. The van der Waals surface area contributed by atoms with Crippen molar-refractivity contribution in [1.29, 1.82) is 0 Å². The van der Waals surface area contributed by atoms with Gasteiger partial charge in [0, 0.05) is 36.0 Å². The molecule has 3 nitrogen and oxygen atoms in total. The fraction of sp³-hybridized carbons (Fsp3) is 0.333. The third kappa shape index (κ3) is 6.47. The highest BCUT2D eigenvalue weighted by Crippen LogP contribution is 2.42. The summed E-state index contributed by atoms with van der Waals surface area (Å²) < 4.78 is 6.37. The number of anilines is 1. The van der Waals surface area contributed by atoms with Gasteiger partial charge in [-0.3, -0.25) is 0 Å². The molecule has 0 saturated carbocycles. The van der Waals surface area contributed by atoms with E-state index in [0.29, 0.717) is 18.4 Å². The smallest absolute Gasteiger partial charge is 0.131 e. The molecule has 0 spiro atoms. The lowest BCUT2D eigenvalue weighted by Gasteiger charge is -2.29. The molecule has 1 atom stereocenters. The lowest BCUT2D eigenvalue weighted by molar-refractivity contribution is 0.313. The molecule has 0 aliphatic heterocycles. The molecule has 0 aromatic heterocycles. The lowest BCUT2D eigenvalue weighted by atomic mass is 9.90. The number of nitrogens with zero attached hydrogens (tertiary/aromatic N) is 1. The maximum atomic E-state index is 11.3. The van der Waals surface area contributed by atoms with Crippen LogP contribution in [0.25, 0.3) is 22.3 Å². The number of benzene rings is 4. The Kier molecular flexibility index (Phi) is 9.35. The number of rotatable bonds is 11. The quantitative estimate of drug-likeness (QED) is 0.199. The molecule has 0 radical (unpaired) electrons. The zero-order chi connectivity index (χ0) is 27.9. The average Bonchev–Trinajstić information content (AvgIpc) is 2.95. The van der Waals surface area contributed by atoms with Crippen molar-refractivity contribution in [3.8, 4) is 33.8 Å². The summed E-state index contributed by atoms with van der Waals surface area (Å²) in [6.07, 6.45) is 2.02. The Bertz CT molecular complexity index is 1380. The topological polar surface area (TPSA) is 32.7 Å². The number of para-hydroxylation sites is 2. The maximum Gasteiger partial charge on any atom is 0.131 e. The first-order chi connectivity index (χ1) is 18.8. The van der Waals surface area contributed by atoms with Crippen molar-refractivity contribution in [3.63, 3.8) is 0 Å². The second-order valence-corrected chi connectivity index (χ2v) is 10.9. The molecule has 0 fully saturated rings. The fourth-order valence-electron chi connectivity index (χ4n) is 5.29. The van der Waals surface area contributed by atoms with Crippen LogP contribution in [0.1, 0.15) is 69.1 Å². The first kappa shape index (κ1) is 28.3. The van der Waals surface area contributed by atoms with Gasteiger partial charge >= 0.3 is 0 Å². The number of ether oxygens (including phenoxy) is 1. The molecular formula is C36H43NO2. The van der Waals surface area contributed by atoms with Crippen molar-refractivity contribution < 1.29 is 9.84 Å². The van der Waals surface area contributed by atoms with Gasteiger partial charge in [-0.05, 0) is 60.4 Å². The van der Waals surface area contributed by atoms with E-state index < -0.39 is 0 Å². The van der Waals surface area contributed by atoms with Crippen molar-refractivity contribution in [2.24, 2.45) is 0 Å². The maximum absolute atomic E-state index is 11.3. The van der Waals surface area contributed by atoms with Gasteiger partial charge in [0.2, 0.25) is 0 Å². The van der Waals surface area contributed by atoms with Crippen molar-refractivity contribution >= 4 is 5.69 Å². The number of phenolic OH excluding ortho intramolecular Hbond substituents is 1. The van der Waals surface area contributed by atoms with Crippen molar-refractivity contribution in [1.82, 2.24) is 0 Å². The minimum absolute atomic E-state index is 0.279. The fourth-order valence-corrected chi connectivity index (χ4v) is 5.29. The Hall–Kier alpha value is -3.72. The van der Waals surface area contributed by atoms with Crippen LogP contribution in [0.5, 0.6) is 11.5 Å². The van der Waals surface area contributed by atoms with Gasteiger partial charge in [0.1, 0.15) is 11.5 Å². The summed E-state index contributed by atoms with van der Waals surface area (Å²) in [7, 11) is 2.21. The highest BCUT2D eigenvalue weighted by Gasteiger charge is 2.19. The summed E-state index contributed by atoms with van der Waals surface area (Å²) in [5.41, 5.74) is 8.87. The molecule has 4 aromatic rings. The van der Waals surface area contributed by atoms with Gasteiger partial charge in [-0.2, -0.15) is 0 Å². The molecule has 0 aliphatic rings. The largest absolute Gasteiger partial charge is 0.507 e. The number of hydrogen-bond acceptors (Lipinski definition) is 3. The Morgan fingerprint density at radius 3 is 2.21 bits per heavy atom. The van der Waals surface area contributed by atoms with Crippen molar-refractivity contribution in [2.45, 2.75) is 59.3 Å². The first-order valence-electron chi connectivity index (χ1n) is 14.3. The molecule has 0 aliphatic carbocycles. The van der Waals surface area contributed by atoms with Gasteiger partial charge in [-0.1, -0.05) is 106 Å². The number of phenols is 1. The number of hydrogen-bond donors (Lipinski definition) is 1. The van der Waals surface area contributed by atoms with Crippen LogP contribution in [0.4, 0.5) is 5.69 Å². The van der Waals surface area contributed by atoms with Crippen LogP contribution in [-0.4, -0.2) is 25.3 Å². The van der Waals surface area contributed by atoms with Crippen LogP contribution < -0.4 is 9.64 Å². The molecule has 4 rings (SSSR count). The molecule has 1 N–H and O–H groups in total. The highest BCUT2D eigenvalue weighted by molar-refractivity contribution is 5.84. The third-order valence-corrected chi connectivity index (χ3v) is 7.69. The van der Waals surface area contributed by atoms with Gasteiger partial charge < -0.3 is 14.7 Å². The lowest BCUT2D eigenvalue weighted by Crippen LogP contribution is -2.24. The molecular weight excluding hydrogens is 478 g/mol. The Balaban J connectivity index is 1.52. The van der Waals surface area contributed by atoms with E-state index in [1.807, 2.05) is 54.6 Å². The van der Waals surface area contributed by atoms with Gasteiger partial charge in [-0.25, -0.2) is 0 Å². The molecule has 39 heavy (non-hydrogen) atoms. The van der Waals surface area contributed by atoms with Crippen LogP contribution in [0, 0.1) is 6.92 Å². The van der Waals surface area contributed by atoms with Gasteiger partial charge in [0.15, 0.2) is 0 Å². The molecule has 0 heterocycles. The van der Waals surface area contributed by atoms with E-state index in [0.717, 1.165) is 53.0 Å². The Morgan fingerprint density at radius 2 is 1.49 bits per heavy atom. The Morgan fingerprint density at radius 1 is 0.795 bits per heavy atom. The monoisotopic (exact) mass is 521 g/mol. The zero-order valence-electron chi connectivity index (χ0n) is 24.4. The van der Waals surface area contributed by atoms with Gasteiger partial charge in [-0.15, -0.1) is 0 Å². The summed E-state index contributed by atoms with van der Waals surface area (Å²) in [6.45, 7) is 12.7. The van der Waals surface area contributed by atoms with Crippen LogP contribution in [0.15, 0.2) is 84.9 Å². The summed E-state index contributed by atoms with van der Waals surface area (Å²) in [4.78, 5) is 2.41. The second-order valence-electron chi connectivity index (χ2n) is 10.9. The molecule has 0 amide bonds. The van der Waals surface area contributed by atoms with Crippen LogP contribution in [0.3, 0.4) is 0 Å². The molecule has 1 unspecified atom stereocenters. The minimum Gasteiger partial charge on any atom is -0.507 e. The minimum atomic E-state index is 0.279. The van der Waals surface area contributed by atoms with Gasteiger partial charge in [0.05, 0.1) is 6.61 Å². The highest BCUT2D eigenvalue weighted by atomic mass is 16.5. The van der Waals surface area contributed by atoms with E-state index >= 15 is 0 Å². The summed E-state index contributed by atoms with van der Waals surface area (Å²) in [5, 5.41) is 11.3. The van der Waals surface area contributed by atoms with Crippen LogP contribution >= 0.6 is 0 Å². The normalized spacial score (nSPS) is 12.0. The number of aromatic hydroxyl groups is 1. The predicted octanol–water partition coefficient (Wildman–Crippen LogP) is 9.58. The third-order valence-electron chi connectivity index (χ3n) is 7.69. The van der Waals surface area contributed by atoms with Gasteiger partial charge in [0.25, 0.3) is 0 Å². The standard InChI is InChI=1S/C36H43NO2/c1-7-27(5)30-17-11-16-29(25(2)3)35(30)37(6)22-13-23-39-34-21-20-26(4)24-33(34)32-19-12-18-31(36(32)38)28-14-9-8-10-15-28/h8-12,14-21,24-25,27,38H,7,13,22-23H2,1-6H3. The molecule has 4 aromatic carbocycles. The van der Waals surface area contributed by atoms with Crippen LogP contribution in [0.2, 0.25) is 0 Å². The molecule has 204 valence electrons. The van der Waals surface area contributed by atoms with Crippen molar-refractivity contribution in [3.05, 3.63) is 102 Å². The van der Waals surface area contributed by atoms with Crippen LogP contribution in [-0.2, 0) is 0 Å². The predicted molar refractivity (Wildman–Crippen MR) is 166 cm³/mol. The van der Waals surface area contributed by atoms with E-state index in [-0.39, 0.29) is 5.75 Å². The molecule has 0 bridgehead atoms.